The lowest BCUT2D eigenvalue weighted by Gasteiger charge is -2.26. The summed E-state index contributed by atoms with van der Waals surface area (Å²) in [5, 5.41) is 0. The third-order valence-electron chi connectivity index (χ3n) is 12.1. The van der Waals surface area contributed by atoms with Gasteiger partial charge in [0.1, 0.15) is 24.3 Å². The second kappa shape index (κ2) is 17.1. The van der Waals surface area contributed by atoms with Crippen molar-refractivity contribution in [1.82, 2.24) is 28.9 Å². The molecule has 4 aliphatic heterocycles. The van der Waals surface area contributed by atoms with E-state index in [0.717, 1.165) is 69.7 Å². The van der Waals surface area contributed by atoms with Crippen molar-refractivity contribution in [1.29, 1.82) is 0 Å². The number of hydrogen-bond acceptors (Lipinski definition) is 6. The van der Waals surface area contributed by atoms with E-state index in [4.69, 9.17) is 22.8 Å². The molecule has 6 aromatic rings. The Kier molecular flexibility index (Phi) is 11.1. The number of aromatic nitrogens is 4. The average molecular weight is 839 g/mol. The molecule has 0 bridgehead atoms. The Balaban J connectivity index is 0.000000160. The highest BCUT2D eigenvalue weighted by molar-refractivity contribution is 6.16. The highest BCUT2D eigenvalue weighted by atomic mass is 19.1. The molecule has 0 unspecified atom stereocenters. The van der Waals surface area contributed by atoms with Crippen LogP contribution in [0.25, 0.3) is 11.4 Å². The highest BCUT2D eigenvalue weighted by Gasteiger charge is 2.34. The number of carbonyl (C=O) groups is 2. The van der Waals surface area contributed by atoms with Gasteiger partial charge in [-0.15, -0.1) is 12.8 Å². The lowest BCUT2D eigenvalue weighted by Crippen LogP contribution is -2.36. The maximum atomic E-state index is 14.8. The van der Waals surface area contributed by atoms with Crippen LogP contribution in [-0.4, -0.2) is 78.3 Å². The van der Waals surface area contributed by atoms with E-state index in [1.54, 1.807) is 49.1 Å². The van der Waals surface area contributed by atoms with Gasteiger partial charge >= 0.3 is 0 Å². The molecule has 6 heterocycles. The summed E-state index contributed by atoms with van der Waals surface area (Å²) in [5.41, 5.74) is 8.38. The zero-order chi connectivity index (χ0) is 43.8. The first kappa shape index (κ1) is 40.9. The molecule has 4 aromatic carbocycles. The van der Waals surface area contributed by atoms with Crippen molar-refractivity contribution in [3.05, 3.63) is 165 Å². The van der Waals surface area contributed by atoms with Gasteiger partial charge in [-0.25, -0.2) is 18.7 Å². The fraction of sp³-hybridized carbons (Fsp3) is 0.255. The first-order valence-corrected chi connectivity index (χ1v) is 21.3. The molecule has 2 fully saturated rings. The quantitative estimate of drug-likeness (QED) is 0.166. The predicted molar refractivity (Wildman–Crippen MR) is 239 cm³/mol. The maximum Gasteiger partial charge on any atom is 0.274 e. The van der Waals surface area contributed by atoms with Crippen molar-refractivity contribution in [2.75, 3.05) is 26.2 Å². The van der Waals surface area contributed by atoms with Gasteiger partial charge in [-0.3, -0.25) is 28.7 Å². The van der Waals surface area contributed by atoms with E-state index in [-0.39, 0.29) is 23.4 Å². The molecule has 0 spiro atoms. The second-order valence-electron chi connectivity index (χ2n) is 16.1. The molecule has 2 amide bonds. The topological polar surface area (TPSA) is 101 Å². The van der Waals surface area contributed by atoms with Gasteiger partial charge in [-0.1, -0.05) is 36.1 Å². The van der Waals surface area contributed by atoms with Gasteiger partial charge in [0, 0.05) is 59.6 Å². The van der Waals surface area contributed by atoms with E-state index < -0.39 is 12.1 Å². The summed E-state index contributed by atoms with van der Waals surface area (Å²) in [7, 11) is 0. The molecule has 314 valence electrons. The van der Waals surface area contributed by atoms with Crippen LogP contribution < -0.4 is 0 Å². The number of nitrogens with zero attached hydrogens (tertiary/aromatic N) is 8. The minimum Gasteiger partial charge on any atom is -0.337 e. The molecule has 0 aliphatic carbocycles. The summed E-state index contributed by atoms with van der Waals surface area (Å²) in [4.78, 5) is 49.0. The first-order valence-electron chi connectivity index (χ1n) is 21.3. The largest absolute Gasteiger partial charge is 0.337 e. The Morgan fingerprint density at radius 3 is 1.37 bits per heavy atom. The Morgan fingerprint density at radius 1 is 0.571 bits per heavy atom. The molecule has 12 heteroatoms. The van der Waals surface area contributed by atoms with Crippen LogP contribution in [-0.2, 0) is 0 Å². The third-order valence-corrected chi connectivity index (χ3v) is 12.1. The van der Waals surface area contributed by atoms with Crippen molar-refractivity contribution in [2.45, 2.75) is 58.0 Å². The van der Waals surface area contributed by atoms with E-state index >= 15 is 0 Å². The minimum atomic E-state index is -0.405. The van der Waals surface area contributed by atoms with Crippen LogP contribution >= 0.6 is 0 Å². The van der Waals surface area contributed by atoms with Crippen molar-refractivity contribution < 1.29 is 18.4 Å². The molecule has 4 aliphatic rings. The highest BCUT2D eigenvalue weighted by Crippen LogP contribution is 2.36. The van der Waals surface area contributed by atoms with E-state index in [0.29, 0.717) is 67.6 Å². The smallest absolute Gasteiger partial charge is 0.274 e. The number of fused-ring (bicyclic) bond motifs is 6. The molecule has 10 rings (SSSR count). The molecule has 2 saturated heterocycles. The SMILES string of the molecule is C#Cc1ccc2c(c1)C(c1ccccc1F)=N[C@H](C)c1c(C(=O)N3CCCC3)ncn1-2.C#Cc1ccc2c(c1)C(c1ccccc1F)=N[C@H](C)c1c(C(=O)N3CCCCC3)ncn1-2. The number of halogens is 2. The fourth-order valence-corrected chi connectivity index (χ4v) is 8.98. The van der Waals surface area contributed by atoms with Crippen molar-refractivity contribution in [2.24, 2.45) is 9.98 Å². The van der Waals surface area contributed by atoms with Crippen molar-refractivity contribution in [3.8, 4) is 36.1 Å². The molecule has 63 heavy (non-hydrogen) atoms. The summed E-state index contributed by atoms with van der Waals surface area (Å²) >= 11 is 0. The summed E-state index contributed by atoms with van der Waals surface area (Å²) in [6.07, 6.45) is 19.8. The van der Waals surface area contributed by atoms with Gasteiger partial charge in [0.25, 0.3) is 11.8 Å². The number of hydrogen-bond donors (Lipinski definition) is 0. The molecule has 2 aromatic heterocycles. The molecule has 10 nitrogen and oxygen atoms in total. The number of likely N-dealkylation sites (tertiary alicyclic amines) is 2. The summed E-state index contributed by atoms with van der Waals surface area (Å²) in [6.45, 7) is 6.78. The van der Waals surface area contributed by atoms with Gasteiger partial charge in [-0.05, 0) is 107 Å². The van der Waals surface area contributed by atoms with Crippen LogP contribution in [0.1, 0.15) is 124 Å². The molecule has 0 saturated carbocycles. The van der Waals surface area contributed by atoms with Crippen LogP contribution in [0.2, 0.25) is 0 Å². The standard InChI is InChI=1S/C26H23FN4O.C25H21FN4O/c1-3-18-11-12-22-20(15-18)23(19-9-5-6-10-21(19)27)29-17(2)25-24(28-16-31(22)25)26(32)30-13-7-4-8-14-30;1-3-17-10-11-21-19(14-17)22(18-8-4-5-9-20(18)26)28-16(2)24-23(27-15-30(21)24)25(31)29-12-6-7-13-29/h1,5-6,9-12,15-17H,4,7-8,13-14H2,2H3;1,4-5,8-11,14-16H,6-7,12-13H2,2H3/t17-;16-/m11/s1. The Morgan fingerprint density at radius 2 is 0.968 bits per heavy atom. The maximum absolute atomic E-state index is 14.8. The van der Waals surface area contributed by atoms with Crippen molar-refractivity contribution in [3.63, 3.8) is 0 Å². The van der Waals surface area contributed by atoms with E-state index in [1.807, 2.05) is 69.2 Å². The number of imidazole rings is 2. The van der Waals surface area contributed by atoms with Crippen LogP contribution in [0.15, 0.2) is 108 Å². The fourth-order valence-electron chi connectivity index (χ4n) is 8.98. The van der Waals surface area contributed by atoms with E-state index in [1.165, 1.54) is 12.1 Å². The number of piperidine rings is 1. The first-order chi connectivity index (χ1) is 30.7. The van der Waals surface area contributed by atoms with Crippen LogP contribution in [0.5, 0.6) is 0 Å². The summed E-state index contributed by atoms with van der Waals surface area (Å²) < 4.78 is 33.4. The van der Waals surface area contributed by atoms with Crippen LogP contribution in [0.3, 0.4) is 0 Å². The predicted octanol–water partition coefficient (Wildman–Crippen LogP) is 8.67. The molecule has 0 N–H and O–H groups in total. The average Bonchev–Trinajstić information content (AvgIpc) is 4.09. The zero-order valence-electron chi connectivity index (χ0n) is 35.1. The number of benzene rings is 4. The normalized spacial score (nSPS) is 17.5. The van der Waals surface area contributed by atoms with Gasteiger partial charge in [-0.2, -0.15) is 0 Å². The van der Waals surface area contributed by atoms with E-state index in [9.17, 15) is 18.4 Å². The molecular weight excluding hydrogens is 795 g/mol. The lowest BCUT2D eigenvalue weighted by molar-refractivity contribution is 0.0716. The van der Waals surface area contributed by atoms with Crippen molar-refractivity contribution >= 4 is 23.2 Å². The number of carbonyl (C=O) groups excluding carboxylic acids is 2. The van der Waals surface area contributed by atoms with Crippen LogP contribution in [0, 0.1) is 36.3 Å². The van der Waals surface area contributed by atoms with E-state index in [2.05, 4.69) is 21.8 Å². The molecule has 0 radical (unpaired) electrons. The Bertz CT molecular complexity index is 2930. The number of terminal acetylenes is 2. The summed E-state index contributed by atoms with van der Waals surface area (Å²) in [5.74, 6) is 4.43. The van der Waals surface area contributed by atoms with Gasteiger partial charge in [0.2, 0.25) is 0 Å². The van der Waals surface area contributed by atoms with Gasteiger partial charge in [0.15, 0.2) is 11.4 Å². The molecule has 2 atom stereocenters. The van der Waals surface area contributed by atoms with Crippen LogP contribution in [0.4, 0.5) is 8.78 Å². The van der Waals surface area contributed by atoms with Gasteiger partial charge in [0.05, 0.1) is 46.3 Å². The zero-order valence-corrected chi connectivity index (χ0v) is 35.1. The lowest BCUT2D eigenvalue weighted by atomic mass is 9.98. The third kappa shape index (κ3) is 7.52. The molecular formula is C51H44F2N8O2. The number of amides is 2. The Labute approximate surface area is 365 Å². The monoisotopic (exact) mass is 838 g/mol. The Hall–Kier alpha value is -7.44. The summed E-state index contributed by atoms with van der Waals surface area (Å²) in [6, 6.07) is 23.5. The number of aliphatic imine (C=N–C) groups is 2. The second-order valence-corrected chi connectivity index (χ2v) is 16.1. The van der Waals surface area contributed by atoms with Gasteiger partial charge < -0.3 is 9.80 Å². The minimum absolute atomic E-state index is 0.0726. The number of rotatable bonds is 4.